The van der Waals surface area contributed by atoms with Crippen molar-refractivity contribution in [3.8, 4) is 0 Å². The maximum absolute atomic E-state index is 13.1. The lowest BCUT2D eigenvalue weighted by atomic mass is 10.1. The number of hydrogen-bond donors (Lipinski definition) is 0. The maximum Gasteiger partial charge on any atom is 0.307 e. The molecule has 0 unspecified atom stereocenters. The van der Waals surface area contributed by atoms with E-state index in [1.165, 1.54) is 24.3 Å². The van der Waals surface area contributed by atoms with Gasteiger partial charge in [-0.1, -0.05) is 13.8 Å². The Hall–Kier alpha value is -1.95. The quantitative estimate of drug-likeness (QED) is 0.420. The summed E-state index contributed by atoms with van der Waals surface area (Å²) in [5.74, 6) is -0.872. The normalized spacial score (nSPS) is 10.8. The minimum atomic E-state index is -0.376. The fourth-order valence-corrected chi connectivity index (χ4v) is 2.73. The van der Waals surface area contributed by atoms with Gasteiger partial charge in [-0.2, -0.15) is 0 Å². The summed E-state index contributed by atoms with van der Waals surface area (Å²) in [6, 6.07) is 5.50. The lowest BCUT2D eigenvalue weighted by molar-refractivity contribution is -0.143. The number of unbranched alkanes of at least 4 members (excludes halogenated alkanes) is 1. The predicted octanol–water partition coefficient (Wildman–Crippen LogP) is 3.34. The van der Waals surface area contributed by atoms with Crippen LogP contribution in [0.15, 0.2) is 24.3 Å². The van der Waals surface area contributed by atoms with Gasteiger partial charge < -0.3 is 14.5 Å². The van der Waals surface area contributed by atoms with Crippen LogP contribution in [-0.4, -0.2) is 61.0 Å². The molecule has 0 saturated heterocycles. The van der Waals surface area contributed by atoms with Gasteiger partial charge in [0.25, 0.3) is 5.91 Å². The number of carbonyl (C=O) groups is 2. The summed E-state index contributed by atoms with van der Waals surface area (Å²) < 4.78 is 18.0. The predicted molar refractivity (Wildman–Crippen MR) is 101 cm³/mol. The fraction of sp³-hybridized carbons (Fsp3) is 0.600. The zero-order valence-corrected chi connectivity index (χ0v) is 16.2. The van der Waals surface area contributed by atoms with Crippen LogP contribution in [0.4, 0.5) is 4.39 Å². The molecule has 0 radical (unpaired) electrons. The highest BCUT2D eigenvalue weighted by Gasteiger charge is 2.17. The SMILES string of the molecule is CCOC(=O)CCN(CCCCN(CC)CC)C(=O)c1ccc(F)cc1. The highest BCUT2D eigenvalue weighted by molar-refractivity contribution is 5.94. The summed E-state index contributed by atoms with van der Waals surface area (Å²) in [7, 11) is 0. The van der Waals surface area contributed by atoms with Crippen LogP contribution >= 0.6 is 0 Å². The van der Waals surface area contributed by atoms with E-state index < -0.39 is 0 Å². The smallest absolute Gasteiger partial charge is 0.307 e. The van der Waals surface area contributed by atoms with Gasteiger partial charge in [0.2, 0.25) is 0 Å². The number of amides is 1. The molecule has 0 aromatic heterocycles. The first-order valence-electron chi connectivity index (χ1n) is 9.44. The zero-order valence-electron chi connectivity index (χ0n) is 16.2. The number of rotatable bonds is 12. The molecule has 0 saturated carbocycles. The number of nitrogens with zero attached hydrogens (tertiary/aromatic N) is 2. The van der Waals surface area contributed by atoms with E-state index in [4.69, 9.17) is 4.74 Å². The second-order valence-electron chi connectivity index (χ2n) is 6.09. The van der Waals surface area contributed by atoms with Crippen LogP contribution in [0.25, 0.3) is 0 Å². The third-order valence-corrected chi connectivity index (χ3v) is 4.32. The highest BCUT2D eigenvalue weighted by Crippen LogP contribution is 2.09. The van der Waals surface area contributed by atoms with Crippen molar-refractivity contribution < 1.29 is 18.7 Å². The average Bonchev–Trinajstić information content (AvgIpc) is 2.64. The lowest BCUT2D eigenvalue weighted by Gasteiger charge is -2.23. The number of esters is 1. The standard InChI is InChI=1S/C20H31FN2O3/c1-4-22(5-2)14-7-8-15-23(16-13-19(24)26-6-3)20(25)17-9-11-18(21)12-10-17/h9-12H,4-8,13-16H2,1-3H3. The molecule has 0 aliphatic rings. The molecule has 146 valence electrons. The van der Waals surface area contributed by atoms with Crippen molar-refractivity contribution in [2.45, 2.75) is 40.0 Å². The third-order valence-electron chi connectivity index (χ3n) is 4.32. The minimum absolute atomic E-state index is 0.164. The van der Waals surface area contributed by atoms with Crippen LogP contribution in [0.1, 0.15) is 50.4 Å². The van der Waals surface area contributed by atoms with Gasteiger partial charge in [-0.15, -0.1) is 0 Å². The Bertz CT molecular complexity index is 544. The number of ether oxygens (including phenoxy) is 1. The Morgan fingerprint density at radius 3 is 2.15 bits per heavy atom. The summed E-state index contributed by atoms with van der Waals surface area (Å²) in [6.07, 6.45) is 2.00. The molecule has 0 N–H and O–H groups in total. The largest absolute Gasteiger partial charge is 0.466 e. The van der Waals surface area contributed by atoms with Gasteiger partial charge in [0.1, 0.15) is 5.82 Å². The molecule has 1 rings (SSSR count). The molecule has 0 bridgehead atoms. The molecule has 5 nitrogen and oxygen atoms in total. The first kappa shape index (κ1) is 22.1. The second kappa shape index (κ2) is 12.4. The molecule has 1 aromatic carbocycles. The van der Waals surface area contributed by atoms with E-state index in [2.05, 4.69) is 18.7 Å². The van der Waals surface area contributed by atoms with Crippen LogP contribution < -0.4 is 0 Å². The molecule has 0 atom stereocenters. The molecule has 0 aliphatic heterocycles. The van der Waals surface area contributed by atoms with Gasteiger partial charge in [0.15, 0.2) is 0 Å². The third kappa shape index (κ3) is 7.95. The molecular weight excluding hydrogens is 335 g/mol. The Kier molecular flexibility index (Phi) is 10.5. The molecule has 1 amide bonds. The molecule has 26 heavy (non-hydrogen) atoms. The summed E-state index contributed by atoms with van der Waals surface area (Å²) in [6.45, 7) is 10.2. The van der Waals surface area contributed by atoms with Crippen LogP contribution in [0.5, 0.6) is 0 Å². The Morgan fingerprint density at radius 2 is 1.58 bits per heavy atom. The molecule has 0 aliphatic carbocycles. The van der Waals surface area contributed by atoms with Crippen molar-refractivity contribution in [3.05, 3.63) is 35.6 Å². The van der Waals surface area contributed by atoms with Crippen LogP contribution in [0.2, 0.25) is 0 Å². The number of benzene rings is 1. The minimum Gasteiger partial charge on any atom is -0.466 e. The van der Waals surface area contributed by atoms with E-state index in [0.29, 0.717) is 25.3 Å². The van der Waals surface area contributed by atoms with Crippen LogP contribution in [0.3, 0.4) is 0 Å². The van der Waals surface area contributed by atoms with Crippen molar-refractivity contribution in [3.63, 3.8) is 0 Å². The maximum atomic E-state index is 13.1. The second-order valence-corrected chi connectivity index (χ2v) is 6.09. The van der Waals surface area contributed by atoms with Gasteiger partial charge >= 0.3 is 5.97 Å². The van der Waals surface area contributed by atoms with E-state index in [0.717, 1.165) is 32.5 Å². The monoisotopic (exact) mass is 366 g/mol. The van der Waals surface area contributed by atoms with Gasteiger partial charge in [0, 0.05) is 18.7 Å². The highest BCUT2D eigenvalue weighted by atomic mass is 19.1. The van der Waals surface area contributed by atoms with Gasteiger partial charge in [0.05, 0.1) is 13.0 Å². The van der Waals surface area contributed by atoms with E-state index >= 15 is 0 Å². The fourth-order valence-electron chi connectivity index (χ4n) is 2.73. The number of halogens is 1. The Balaban J connectivity index is 2.64. The van der Waals surface area contributed by atoms with E-state index in [9.17, 15) is 14.0 Å². The summed E-state index contributed by atoms with van der Waals surface area (Å²) in [5, 5.41) is 0. The van der Waals surface area contributed by atoms with Crippen LogP contribution in [-0.2, 0) is 9.53 Å². The molecular formula is C20H31FN2O3. The lowest BCUT2D eigenvalue weighted by Crippen LogP contribution is -2.34. The Labute approximate surface area is 156 Å². The average molecular weight is 366 g/mol. The molecule has 1 aromatic rings. The number of carbonyl (C=O) groups excluding carboxylic acids is 2. The first-order chi connectivity index (χ1) is 12.5. The van der Waals surface area contributed by atoms with Crippen molar-refractivity contribution in [2.24, 2.45) is 0 Å². The number of hydrogen-bond acceptors (Lipinski definition) is 4. The van der Waals surface area contributed by atoms with Gasteiger partial charge in [-0.3, -0.25) is 9.59 Å². The molecule has 6 heteroatoms. The Morgan fingerprint density at radius 1 is 0.962 bits per heavy atom. The summed E-state index contributed by atoms with van der Waals surface area (Å²) in [5.41, 5.74) is 0.430. The summed E-state index contributed by atoms with van der Waals surface area (Å²) >= 11 is 0. The van der Waals surface area contributed by atoms with E-state index in [1.807, 2.05) is 0 Å². The zero-order chi connectivity index (χ0) is 19.4. The molecule has 0 heterocycles. The summed E-state index contributed by atoms with van der Waals surface area (Å²) in [4.78, 5) is 28.3. The molecule has 0 spiro atoms. The van der Waals surface area contributed by atoms with Crippen molar-refractivity contribution in [1.82, 2.24) is 9.80 Å². The van der Waals surface area contributed by atoms with E-state index in [1.54, 1.807) is 11.8 Å². The first-order valence-corrected chi connectivity index (χ1v) is 9.44. The molecule has 0 fully saturated rings. The van der Waals surface area contributed by atoms with Gasteiger partial charge in [-0.05, 0) is 63.7 Å². The van der Waals surface area contributed by atoms with Crippen molar-refractivity contribution in [1.29, 1.82) is 0 Å². The van der Waals surface area contributed by atoms with Crippen molar-refractivity contribution >= 4 is 11.9 Å². The van der Waals surface area contributed by atoms with Gasteiger partial charge in [-0.25, -0.2) is 4.39 Å². The van der Waals surface area contributed by atoms with E-state index in [-0.39, 0.29) is 24.1 Å². The van der Waals surface area contributed by atoms with Crippen molar-refractivity contribution in [2.75, 3.05) is 39.3 Å². The topological polar surface area (TPSA) is 49.9 Å². The van der Waals surface area contributed by atoms with Crippen LogP contribution in [0, 0.1) is 5.82 Å².